The highest BCUT2D eigenvalue weighted by Gasteiger charge is 2.34. The van der Waals surface area contributed by atoms with Gasteiger partial charge in [-0.2, -0.15) is 0 Å². The predicted octanol–water partition coefficient (Wildman–Crippen LogP) is 1.56. The van der Waals surface area contributed by atoms with Crippen molar-refractivity contribution in [2.45, 2.75) is 70.4 Å². The Kier molecular flexibility index (Phi) is 6.09. The van der Waals surface area contributed by atoms with Gasteiger partial charge in [-0.15, -0.1) is 0 Å². The molecule has 0 radical (unpaired) electrons. The van der Waals surface area contributed by atoms with Gasteiger partial charge in [-0.1, -0.05) is 6.92 Å². The molecule has 0 aromatic heterocycles. The number of rotatable bonds is 6. The number of nitrogens with two attached hydrogens (primary N) is 1. The van der Waals surface area contributed by atoms with Crippen molar-refractivity contribution in [2.24, 2.45) is 11.7 Å². The molecule has 1 aliphatic carbocycles. The lowest BCUT2D eigenvalue weighted by Gasteiger charge is -2.38. The molecule has 1 rings (SSSR count). The van der Waals surface area contributed by atoms with Crippen molar-refractivity contribution in [3.63, 3.8) is 0 Å². The maximum atomic E-state index is 11.9. The number of amides is 1. The van der Waals surface area contributed by atoms with Crippen molar-refractivity contribution >= 4 is 5.91 Å². The van der Waals surface area contributed by atoms with E-state index in [1.54, 1.807) is 0 Å². The highest BCUT2D eigenvalue weighted by Crippen LogP contribution is 2.31. The SMILES string of the molecule is CC(N)CCCC(=O)NC1(CO)CCC(C)CC1. The number of nitrogens with one attached hydrogen (secondary N) is 1. The fourth-order valence-electron chi connectivity index (χ4n) is 2.58. The van der Waals surface area contributed by atoms with Gasteiger partial charge in [-0.05, 0) is 51.4 Å². The van der Waals surface area contributed by atoms with Crippen LogP contribution in [0, 0.1) is 5.92 Å². The third-order valence-corrected chi connectivity index (χ3v) is 4.00. The van der Waals surface area contributed by atoms with E-state index in [2.05, 4.69) is 12.2 Å². The minimum absolute atomic E-state index is 0.0543. The summed E-state index contributed by atoms with van der Waals surface area (Å²) in [6.45, 7) is 4.24. The first-order valence-electron chi connectivity index (χ1n) is 7.15. The molecule has 0 aliphatic heterocycles. The Morgan fingerprint density at radius 3 is 2.61 bits per heavy atom. The number of aliphatic hydroxyl groups is 1. The van der Waals surface area contributed by atoms with Gasteiger partial charge in [0.25, 0.3) is 0 Å². The lowest BCUT2D eigenvalue weighted by molar-refractivity contribution is -0.124. The first kappa shape index (κ1) is 15.4. The molecule has 1 amide bonds. The van der Waals surface area contributed by atoms with Crippen molar-refractivity contribution in [3.05, 3.63) is 0 Å². The smallest absolute Gasteiger partial charge is 0.220 e. The molecule has 0 saturated heterocycles. The Morgan fingerprint density at radius 1 is 1.50 bits per heavy atom. The van der Waals surface area contributed by atoms with E-state index in [-0.39, 0.29) is 24.1 Å². The fraction of sp³-hybridized carbons (Fsp3) is 0.929. The minimum atomic E-state index is -0.363. The molecule has 106 valence electrons. The van der Waals surface area contributed by atoms with Crippen LogP contribution in [0.5, 0.6) is 0 Å². The summed E-state index contributed by atoms with van der Waals surface area (Å²) in [6.07, 6.45) is 6.16. The predicted molar refractivity (Wildman–Crippen MR) is 73.1 cm³/mol. The van der Waals surface area contributed by atoms with E-state index >= 15 is 0 Å². The minimum Gasteiger partial charge on any atom is -0.394 e. The molecular formula is C14H28N2O2. The van der Waals surface area contributed by atoms with E-state index in [1.807, 2.05) is 6.92 Å². The number of hydrogen-bond acceptors (Lipinski definition) is 3. The summed E-state index contributed by atoms with van der Waals surface area (Å²) >= 11 is 0. The maximum Gasteiger partial charge on any atom is 0.220 e. The summed E-state index contributed by atoms with van der Waals surface area (Å²) in [6, 6.07) is 0.153. The third kappa shape index (κ3) is 4.94. The molecule has 0 spiro atoms. The lowest BCUT2D eigenvalue weighted by Crippen LogP contribution is -2.53. The van der Waals surface area contributed by atoms with Crippen LogP contribution < -0.4 is 11.1 Å². The van der Waals surface area contributed by atoms with Gasteiger partial charge in [0.2, 0.25) is 5.91 Å². The average molecular weight is 256 g/mol. The van der Waals surface area contributed by atoms with Gasteiger partial charge < -0.3 is 16.2 Å². The second kappa shape index (κ2) is 7.10. The van der Waals surface area contributed by atoms with Crippen LogP contribution in [0.3, 0.4) is 0 Å². The monoisotopic (exact) mass is 256 g/mol. The quantitative estimate of drug-likeness (QED) is 0.675. The van der Waals surface area contributed by atoms with Crippen LogP contribution in [-0.2, 0) is 4.79 Å². The van der Waals surface area contributed by atoms with Crippen LogP contribution >= 0.6 is 0 Å². The number of hydrogen-bond donors (Lipinski definition) is 3. The second-order valence-corrected chi connectivity index (χ2v) is 6.04. The molecule has 4 N–H and O–H groups in total. The zero-order valence-corrected chi connectivity index (χ0v) is 11.7. The van der Waals surface area contributed by atoms with Crippen molar-refractivity contribution in [1.29, 1.82) is 0 Å². The highest BCUT2D eigenvalue weighted by molar-refractivity contribution is 5.76. The van der Waals surface area contributed by atoms with E-state index in [0.29, 0.717) is 12.3 Å². The van der Waals surface area contributed by atoms with Crippen LogP contribution in [0.4, 0.5) is 0 Å². The molecule has 1 atom stereocenters. The maximum absolute atomic E-state index is 11.9. The first-order chi connectivity index (χ1) is 8.47. The summed E-state index contributed by atoms with van der Waals surface area (Å²) in [5.41, 5.74) is 5.30. The van der Waals surface area contributed by atoms with Crippen molar-refractivity contribution in [1.82, 2.24) is 5.32 Å². The molecule has 0 aromatic carbocycles. The van der Waals surface area contributed by atoms with Gasteiger partial charge in [-0.25, -0.2) is 0 Å². The van der Waals surface area contributed by atoms with Gasteiger partial charge in [0.05, 0.1) is 12.1 Å². The largest absolute Gasteiger partial charge is 0.394 e. The molecule has 1 fully saturated rings. The second-order valence-electron chi connectivity index (χ2n) is 6.04. The van der Waals surface area contributed by atoms with Crippen molar-refractivity contribution < 1.29 is 9.90 Å². The molecular weight excluding hydrogens is 228 g/mol. The molecule has 1 aliphatic rings. The van der Waals surface area contributed by atoms with E-state index < -0.39 is 0 Å². The Hall–Kier alpha value is -0.610. The zero-order valence-electron chi connectivity index (χ0n) is 11.7. The van der Waals surface area contributed by atoms with Crippen LogP contribution in [0.15, 0.2) is 0 Å². The summed E-state index contributed by atoms with van der Waals surface area (Å²) in [7, 11) is 0. The fourth-order valence-corrected chi connectivity index (χ4v) is 2.58. The van der Waals surface area contributed by atoms with Crippen LogP contribution in [0.1, 0.15) is 58.8 Å². The lowest BCUT2D eigenvalue weighted by atomic mass is 9.77. The van der Waals surface area contributed by atoms with Gasteiger partial charge in [0.1, 0.15) is 0 Å². The Labute approximate surface area is 110 Å². The van der Waals surface area contributed by atoms with E-state index in [1.165, 1.54) is 0 Å². The van der Waals surface area contributed by atoms with Gasteiger partial charge in [0.15, 0.2) is 0 Å². The summed E-state index contributed by atoms with van der Waals surface area (Å²) < 4.78 is 0. The Balaban J connectivity index is 2.36. The molecule has 4 heteroatoms. The van der Waals surface area contributed by atoms with E-state index in [0.717, 1.165) is 38.5 Å². The number of aliphatic hydroxyl groups excluding tert-OH is 1. The van der Waals surface area contributed by atoms with E-state index in [4.69, 9.17) is 5.73 Å². The molecule has 1 saturated carbocycles. The third-order valence-electron chi connectivity index (χ3n) is 4.00. The van der Waals surface area contributed by atoms with E-state index in [9.17, 15) is 9.90 Å². The van der Waals surface area contributed by atoms with Gasteiger partial charge in [0, 0.05) is 12.5 Å². The topological polar surface area (TPSA) is 75.4 Å². The molecule has 0 heterocycles. The standard InChI is InChI=1S/C14H28N2O2/c1-11-6-8-14(10-17,9-7-11)16-13(18)5-3-4-12(2)15/h11-12,17H,3-10,15H2,1-2H3,(H,16,18). The molecule has 1 unspecified atom stereocenters. The molecule has 0 bridgehead atoms. The Bertz CT molecular complexity index is 259. The van der Waals surface area contributed by atoms with Gasteiger partial charge >= 0.3 is 0 Å². The molecule has 0 aromatic rings. The van der Waals surface area contributed by atoms with Crippen molar-refractivity contribution in [2.75, 3.05) is 6.61 Å². The first-order valence-corrected chi connectivity index (χ1v) is 7.15. The zero-order chi connectivity index (χ0) is 13.6. The summed E-state index contributed by atoms with van der Waals surface area (Å²) in [5, 5.41) is 12.6. The molecule has 18 heavy (non-hydrogen) atoms. The normalized spacial score (nSPS) is 29.9. The van der Waals surface area contributed by atoms with Crippen LogP contribution in [-0.4, -0.2) is 29.2 Å². The summed E-state index contributed by atoms with van der Waals surface area (Å²) in [5.74, 6) is 0.763. The number of carbonyl (C=O) groups is 1. The van der Waals surface area contributed by atoms with Crippen LogP contribution in [0.2, 0.25) is 0 Å². The summed E-state index contributed by atoms with van der Waals surface area (Å²) in [4.78, 5) is 11.9. The van der Waals surface area contributed by atoms with Gasteiger partial charge in [-0.3, -0.25) is 4.79 Å². The highest BCUT2D eigenvalue weighted by atomic mass is 16.3. The Morgan fingerprint density at radius 2 is 2.11 bits per heavy atom. The van der Waals surface area contributed by atoms with Crippen molar-refractivity contribution in [3.8, 4) is 0 Å². The average Bonchev–Trinajstić information content (AvgIpc) is 2.32. The molecule has 4 nitrogen and oxygen atoms in total. The van der Waals surface area contributed by atoms with Crippen LogP contribution in [0.25, 0.3) is 0 Å². The number of carbonyl (C=O) groups excluding carboxylic acids is 1.